The van der Waals surface area contributed by atoms with E-state index in [1.54, 1.807) is 18.5 Å². The van der Waals surface area contributed by atoms with E-state index < -0.39 is 11.7 Å². The summed E-state index contributed by atoms with van der Waals surface area (Å²) in [5, 5.41) is 2.77. The maximum absolute atomic E-state index is 12.9. The first-order valence-corrected chi connectivity index (χ1v) is 10.6. The Bertz CT molecular complexity index is 1090. The van der Waals surface area contributed by atoms with E-state index in [2.05, 4.69) is 15.3 Å². The fourth-order valence-electron chi connectivity index (χ4n) is 3.78. The van der Waals surface area contributed by atoms with Crippen molar-refractivity contribution in [3.8, 4) is 11.6 Å². The zero-order chi connectivity index (χ0) is 23.3. The molecule has 3 aromatic rings. The molecule has 0 spiro atoms. The molecule has 6 nitrogen and oxygen atoms in total. The molecule has 1 saturated heterocycles. The van der Waals surface area contributed by atoms with Crippen LogP contribution in [0.15, 0.2) is 67.0 Å². The Labute approximate surface area is 189 Å². The van der Waals surface area contributed by atoms with Crippen molar-refractivity contribution in [2.45, 2.75) is 25.6 Å². The summed E-state index contributed by atoms with van der Waals surface area (Å²) < 4.78 is 44.6. The molecular weight excluding hydrogens is 433 g/mol. The van der Waals surface area contributed by atoms with Gasteiger partial charge < -0.3 is 15.0 Å². The average Bonchev–Trinajstić information content (AvgIpc) is 2.83. The summed E-state index contributed by atoms with van der Waals surface area (Å²) in [4.78, 5) is 23.5. The van der Waals surface area contributed by atoms with Crippen molar-refractivity contribution in [3.63, 3.8) is 0 Å². The molecule has 0 saturated carbocycles. The largest absolute Gasteiger partial charge is 0.436 e. The lowest BCUT2D eigenvalue weighted by molar-refractivity contribution is -0.137. The van der Waals surface area contributed by atoms with Crippen molar-refractivity contribution < 1.29 is 22.7 Å². The minimum Gasteiger partial charge on any atom is -0.436 e. The number of anilines is 1. The van der Waals surface area contributed by atoms with Crippen LogP contribution in [0.5, 0.6) is 11.6 Å². The van der Waals surface area contributed by atoms with Crippen molar-refractivity contribution in [2.75, 3.05) is 18.0 Å². The van der Waals surface area contributed by atoms with E-state index in [1.165, 1.54) is 6.07 Å². The maximum Gasteiger partial charge on any atom is 0.416 e. The predicted molar refractivity (Wildman–Crippen MR) is 117 cm³/mol. The van der Waals surface area contributed by atoms with Crippen LogP contribution in [-0.4, -0.2) is 29.0 Å². The van der Waals surface area contributed by atoms with E-state index in [4.69, 9.17) is 4.74 Å². The van der Waals surface area contributed by atoms with Crippen molar-refractivity contribution in [1.82, 2.24) is 15.3 Å². The number of amides is 1. The molecule has 1 amide bonds. The van der Waals surface area contributed by atoms with Crippen LogP contribution in [0.4, 0.5) is 19.0 Å². The van der Waals surface area contributed by atoms with Gasteiger partial charge in [-0.1, -0.05) is 30.3 Å². The second kappa shape index (κ2) is 9.89. The molecule has 2 heterocycles. The van der Waals surface area contributed by atoms with Gasteiger partial charge in [-0.2, -0.15) is 13.2 Å². The van der Waals surface area contributed by atoms with E-state index >= 15 is 0 Å². The number of nitrogens with zero attached hydrogens (tertiary/aromatic N) is 3. The van der Waals surface area contributed by atoms with Gasteiger partial charge in [0.2, 0.25) is 5.91 Å². The summed E-state index contributed by atoms with van der Waals surface area (Å²) in [6, 6.07) is 14.2. The highest BCUT2D eigenvalue weighted by molar-refractivity contribution is 5.79. The number of hydrogen-bond donors (Lipinski definition) is 1. The fourth-order valence-corrected chi connectivity index (χ4v) is 3.78. The Balaban J connectivity index is 1.40. The number of ether oxygens (including phenoxy) is 1. The van der Waals surface area contributed by atoms with Crippen LogP contribution in [0.25, 0.3) is 0 Å². The minimum atomic E-state index is -4.42. The standard InChI is InChI=1S/C24H23F3N4O2/c25-24(26,27)19-8-4-6-17(14-19)15-30-22(32)18-7-5-13-31(16-18)21-23(29-12-11-28-21)33-20-9-2-1-3-10-20/h1-4,6,8-12,14,18H,5,7,13,15-16H2,(H,30,32)/t18-/m1/s1. The average molecular weight is 456 g/mol. The highest BCUT2D eigenvalue weighted by Gasteiger charge is 2.31. The number of halogens is 3. The van der Waals surface area contributed by atoms with Crippen LogP contribution >= 0.6 is 0 Å². The van der Waals surface area contributed by atoms with E-state index in [0.717, 1.165) is 18.6 Å². The molecule has 1 aliphatic heterocycles. The molecule has 172 valence electrons. The van der Waals surface area contributed by atoms with Gasteiger partial charge in [0.1, 0.15) is 5.75 Å². The van der Waals surface area contributed by atoms with Gasteiger partial charge >= 0.3 is 6.18 Å². The lowest BCUT2D eigenvalue weighted by atomic mass is 9.97. The van der Waals surface area contributed by atoms with Crippen LogP contribution in [0.3, 0.4) is 0 Å². The number of nitrogens with one attached hydrogen (secondary N) is 1. The van der Waals surface area contributed by atoms with Gasteiger partial charge in [0.15, 0.2) is 5.82 Å². The second-order valence-electron chi connectivity index (χ2n) is 7.80. The summed E-state index contributed by atoms with van der Waals surface area (Å²) in [6.07, 6.45) is 0.151. The van der Waals surface area contributed by atoms with Crippen molar-refractivity contribution >= 4 is 11.7 Å². The minimum absolute atomic E-state index is 0.0345. The van der Waals surface area contributed by atoms with Crippen LogP contribution < -0.4 is 15.0 Å². The zero-order valence-corrected chi connectivity index (χ0v) is 17.8. The third kappa shape index (κ3) is 5.79. The molecule has 0 radical (unpaired) electrons. The monoisotopic (exact) mass is 456 g/mol. The Morgan fingerprint density at radius 3 is 2.67 bits per heavy atom. The Hall–Kier alpha value is -3.62. The first-order valence-electron chi connectivity index (χ1n) is 10.6. The van der Waals surface area contributed by atoms with Crippen molar-refractivity contribution in [3.05, 3.63) is 78.1 Å². The summed E-state index contributed by atoms with van der Waals surface area (Å²) in [5.74, 6) is 1.01. The first-order chi connectivity index (χ1) is 15.9. The van der Waals surface area contributed by atoms with Crippen LogP contribution in [0.1, 0.15) is 24.0 Å². The smallest absolute Gasteiger partial charge is 0.416 e. The maximum atomic E-state index is 12.9. The lowest BCUT2D eigenvalue weighted by Crippen LogP contribution is -2.43. The van der Waals surface area contributed by atoms with Crippen molar-refractivity contribution in [1.29, 1.82) is 0 Å². The van der Waals surface area contributed by atoms with Gasteiger partial charge in [0.05, 0.1) is 11.5 Å². The molecule has 4 rings (SSSR count). The van der Waals surface area contributed by atoms with Crippen LogP contribution in [0.2, 0.25) is 0 Å². The molecule has 1 fully saturated rings. The third-order valence-electron chi connectivity index (χ3n) is 5.42. The highest BCUT2D eigenvalue weighted by Crippen LogP contribution is 2.31. The number of piperidine rings is 1. The number of carbonyl (C=O) groups is 1. The summed E-state index contributed by atoms with van der Waals surface area (Å²) in [6.45, 7) is 1.15. The predicted octanol–water partition coefficient (Wildman–Crippen LogP) is 4.82. The molecule has 0 bridgehead atoms. The first kappa shape index (κ1) is 22.6. The van der Waals surface area contributed by atoms with E-state index in [-0.39, 0.29) is 18.4 Å². The Morgan fingerprint density at radius 1 is 1.09 bits per heavy atom. The molecule has 1 N–H and O–H groups in total. The number of para-hydroxylation sites is 1. The SMILES string of the molecule is O=C(NCc1cccc(C(F)(F)F)c1)[C@@H]1CCCN(c2nccnc2Oc2ccccc2)C1. The molecular formula is C24H23F3N4O2. The van der Waals surface area contributed by atoms with E-state index in [9.17, 15) is 18.0 Å². The number of hydrogen-bond acceptors (Lipinski definition) is 5. The van der Waals surface area contributed by atoms with Gasteiger partial charge in [-0.15, -0.1) is 0 Å². The normalized spacial score (nSPS) is 16.3. The second-order valence-corrected chi connectivity index (χ2v) is 7.80. The van der Waals surface area contributed by atoms with Gasteiger partial charge in [0.25, 0.3) is 5.88 Å². The highest BCUT2D eigenvalue weighted by atomic mass is 19.4. The molecule has 33 heavy (non-hydrogen) atoms. The summed E-state index contributed by atoms with van der Waals surface area (Å²) >= 11 is 0. The molecule has 0 aliphatic carbocycles. The molecule has 9 heteroatoms. The Morgan fingerprint density at radius 2 is 1.88 bits per heavy atom. The Kier molecular flexibility index (Phi) is 6.76. The third-order valence-corrected chi connectivity index (χ3v) is 5.42. The van der Waals surface area contributed by atoms with E-state index in [1.807, 2.05) is 35.2 Å². The van der Waals surface area contributed by atoms with Gasteiger partial charge in [-0.25, -0.2) is 9.97 Å². The molecule has 1 aliphatic rings. The summed E-state index contributed by atoms with van der Waals surface area (Å²) in [5.41, 5.74) is -0.329. The molecule has 2 aromatic carbocycles. The fraction of sp³-hybridized carbons (Fsp3) is 0.292. The number of rotatable bonds is 6. The number of benzene rings is 2. The number of aromatic nitrogens is 2. The lowest BCUT2D eigenvalue weighted by Gasteiger charge is -2.33. The topological polar surface area (TPSA) is 67.4 Å². The van der Waals surface area contributed by atoms with Crippen LogP contribution in [-0.2, 0) is 17.5 Å². The van der Waals surface area contributed by atoms with Gasteiger partial charge in [0, 0.05) is 32.0 Å². The number of alkyl halides is 3. The molecule has 1 aromatic heterocycles. The van der Waals surface area contributed by atoms with Crippen molar-refractivity contribution in [2.24, 2.45) is 5.92 Å². The summed E-state index contributed by atoms with van der Waals surface area (Å²) in [7, 11) is 0. The van der Waals surface area contributed by atoms with Gasteiger partial charge in [-0.3, -0.25) is 4.79 Å². The number of carbonyl (C=O) groups excluding carboxylic acids is 1. The zero-order valence-electron chi connectivity index (χ0n) is 17.8. The van der Waals surface area contributed by atoms with E-state index in [0.29, 0.717) is 42.5 Å². The van der Waals surface area contributed by atoms with Crippen LogP contribution in [0, 0.1) is 5.92 Å². The quantitative estimate of drug-likeness (QED) is 0.576. The van der Waals surface area contributed by atoms with Gasteiger partial charge in [-0.05, 0) is 42.7 Å². The molecule has 1 atom stereocenters. The molecule has 0 unspecified atom stereocenters.